The summed E-state index contributed by atoms with van der Waals surface area (Å²) in [5, 5.41) is 2.80. The van der Waals surface area contributed by atoms with Crippen LogP contribution in [0.2, 0.25) is 5.02 Å². The van der Waals surface area contributed by atoms with E-state index in [0.29, 0.717) is 17.7 Å². The average Bonchev–Trinajstić information content (AvgIpc) is 2.34. The first-order valence-electron chi connectivity index (χ1n) is 6.56. The van der Waals surface area contributed by atoms with Gasteiger partial charge in [-0.2, -0.15) is 0 Å². The van der Waals surface area contributed by atoms with Crippen LogP contribution in [0, 0.1) is 12.7 Å². The minimum atomic E-state index is -3.24. The summed E-state index contributed by atoms with van der Waals surface area (Å²) in [5.41, 5.74) is 1.07. The second-order valence-electron chi connectivity index (χ2n) is 5.09. The van der Waals surface area contributed by atoms with Gasteiger partial charge in [0.15, 0.2) is 9.84 Å². The Balaban J connectivity index is 3.27. The number of nitrogens with one attached hydrogen (secondary N) is 1. The summed E-state index contributed by atoms with van der Waals surface area (Å²) in [6.45, 7) is 5.93. The first-order chi connectivity index (χ1) is 9.18. The van der Waals surface area contributed by atoms with Crippen LogP contribution in [0.25, 0.3) is 0 Å². The van der Waals surface area contributed by atoms with Crippen LogP contribution in [0.4, 0.5) is 4.39 Å². The second-order valence-corrected chi connectivity index (χ2v) is 7.90. The number of halogens is 2. The van der Waals surface area contributed by atoms with Gasteiger partial charge < -0.3 is 5.32 Å². The molecule has 20 heavy (non-hydrogen) atoms. The van der Waals surface area contributed by atoms with E-state index in [-0.39, 0.29) is 10.8 Å². The number of aryl methyl sites for hydroxylation is 1. The highest BCUT2D eigenvalue weighted by Gasteiger charge is 2.28. The molecule has 0 spiro atoms. The topological polar surface area (TPSA) is 46.2 Å². The molecule has 0 saturated heterocycles. The van der Waals surface area contributed by atoms with Crippen molar-refractivity contribution in [1.29, 1.82) is 0 Å². The molecular weight excluding hydrogens is 301 g/mol. The van der Waals surface area contributed by atoms with Gasteiger partial charge in [-0.15, -0.1) is 0 Å². The summed E-state index contributed by atoms with van der Waals surface area (Å²) in [4.78, 5) is 0. The lowest BCUT2D eigenvalue weighted by Crippen LogP contribution is -2.35. The predicted molar refractivity (Wildman–Crippen MR) is 81.5 cm³/mol. The first-order valence-corrected chi connectivity index (χ1v) is 8.89. The Morgan fingerprint density at radius 2 is 2.00 bits per heavy atom. The van der Waals surface area contributed by atoms with Crippen molar-refractivity contribution in [3.05, 3.63) is 34.1 Å². The molecule has 0 radical (unpaired) electrons. The fourth-order valence-corrected chi connectivity index (χ4v) is 3.00. The average molecular weight is 322 g/mol. The molecule has 2 unspecified atom stereocenters. The summed E-state index contributed by atoms with van der Waals surface area (Å²) >= 11 is 6.09. The van der Waals surface area contributed by atoms with Crippen LogP contribution in [0.1, 0.15) is 37.4 Å². The van der Waals surface area contributed by atoms with E-state index in [4.69, 9.17) is 11.6 Å². The van der Waals surface area contributed by atoms with Gasteiger partial charge in [-0.3, -0.25) is 0 Å². The number of hydrogen-bond acceptors (Lipinski definition) is 3. The molecule has 0 fully saturated rings. The van der Waals surface area contributed by atoms with Crippen LogP contribution in [-0.4, -0.2) is 26.5 Å². The van der Waals surface area contributed by atoms with Gasteiger partial charge in [-0.05, 0) is 44.0 Å². The molecule has 0 aliphatic carbocycles. The zero-order chi connectivity index (χ0) is 15.5. The SMILES string of the molecule is CCCNC(c1cc(C)c(F)cc1Cl)C(C)S(C)(=O)=O. The van der Waals surface area contributed by atoms with Crippen molar-refractivity contribution in [2.24, 2.45) is 0 Å². The summed E-state index contributed by atoms with van der Waals surface area (Å²) < 4.78 is 37.1. The maximum Gasteiger partial charge on any atom is 0.151 e. The summed E-state index contributed by atoms with van der Waals surface area (Å²) in [6.07, 6.45) is 2.06. The third kappa shape index (κ3) is 4.17. The lowest BCUT2D eigenvalue weighted by Gasteiger charge is -2.25. The van der Waals surface area contributed by atoms with Gasteiger partial charge in [-0.25, -0.2) is 12.8 Å². The molecular formula is C14H21ClFNO2S. The fourth-order valence-electron chi connectivity index (χ4n) is 1.99. The van der Waals surface area contributed by atoms with Crippen LogP contribution in [0.3, 0.4) is 0 Å². The van der Waals surface area contributed by atoms with E-state index in [2.05, 4.69) is 5.32 Å². The smallest absolute Gasteiger partial charge is 0.151 e. The number of sulfone groups is 1. The minimum absolute atomic E-state index is 0.247. The van der Waals surface area contributed by atoms with Crippen molar-refractivity contribution < 1.29 is 12.8 Å². The third-order valence-corrected chi connectivity index (χ3v) is 5.32. The molecule has 0 amide bonds. The molecule has 0 aliphatic rings. The van der Waals surface area contributed by atoms with Crippen molar-refractivity contribution in [2.45, 2.75) is 38.5 Å². The van der Waals surface area contributed by atoms with Crippen molar-refractivity contribution in [1.82, 2.24) is 5.32 Å². The van der Waals surface area contributed by atoms with E-state index in [0.717, 1.165) is 6.42 Å². The van der Waals surface area contributed by atoms with Crippen molar-refractivity contribution >= 4 is 21.4 Å². The Morgan fingerprint density at radius 1 is 1.40 bits per heavy atom. The summed E-state index contributed by atoms with van der Waals surface area (Å²) in [5.74, 6) is -0.389. The first kappa shape index (κ1) is 17.4. The highest BCUT2D eigenvalue weighted by atomic mass is 35.5. The number of hydrogen-bond donors (Lipinski definition) is 1. The number of benzene rings is 1. The quantitative estimate of drug-likeness (QED) is 0.874. The normalized spacial score (nSPS) is 15.1. The number of rotatable bonds is 6. The largest absolute Gasteiger partial charge is 0.309 e. The molecule has 0 aliphatic heterocycles. The zero-order valence-corrected chi connectivity index (χ0v) is 13.8. The second kappa shape index (κ2) is 6.87. The lowest BCUT2D eigenvalue weighted by atomic mass is 10.0. The van der Waals surface area contributed by atoms with Gasteiger partial charge >= 0.3 is 0 Å². The highest BCUT2D eigenvalue weighted by Crippen LogP contribution is 2.30. The van der Waals surface area contributed by atoms with E-state index in [1.807, 2.05) is 6.92 Å². The molecule has 2 atom stereocenters. The maximum atomic E-state index is 13.5. The van der Waals surface area contributed by atoms with Gasteiger partial charge in [0.05, 0.1) is 11.3 Å². The van der Waals surface area contributed by atoms with Crippen LogP contribution in [0.15, 0.2) is 12.1 Å². The molecule has 0 heterocycles. The molecule has 1 N–H and O–H groups in total. The van der Waals surface area contributed by atoms with Crippen molar-refractivity contribution in [3.8, 4) is 0 Å². The Morgan fingerprint density at radius 3 is 2.50 bits per heavy atom. The van der Waals surface area contributed by atoms with Crippen LogP contribution in [-0.2, 0) is 9.84 Å². The standard InChI is InChI=1S/C14H21ClFNO2S/c1-5-6-17-14(10(3)20(4,18)19)11-7-9(2)13(16)8-12(11)15/h7-8,10,14,17H,5-6H2,1-4H3. The van der Waals surface area contributed by atoms with Gasteiger partial charge in [0, 0.05) is 11.3 Å². The molecule has 114 valence electrons. The molecule has 1 rings (SSSR count). The molecule has 6 heteroatoms. The molecule has 0 saturated carbocycles. The predicted octanol–water partition coefficient (Wildman–Crippen LogP) is 3.26. The highest BCUT2D eigenvalue weighted by molar-refractivity contribution is 7.91. The zero-order valence-electron chi connectivity index (χ0n) is 12.2. The van der Waals surface area contributed by atoms with Gasteiger partial charge in [0.2, 0.25) is 0 Å². The molecule has 0 aromatic heterocycles. The van der Waals surface area contributed by atoms with E-state index in [9.17, 15) is 12.8 Å². The molecule has 3 nitrogen and oxygen atoms in total. The maximum absolute atomic E-state index is 13.5. The third-order valence-electron chi connectivity index (χ3n) is 3.37. The Labute approximate surface area is 125 Å². The van der Waals surface area contributed by atoms with Crippen LogP contribution >= 0.6 is 11.6 Å². The van der Waals surface area contributed by atoms with E-state index >= 15 is 0 Å². The van der Waals surface area contributed by atoms with E-state index in [1.165, 1.54) is 12.3 Å². The Bertz CT molecular complexity index is 575. The molecule has 0 bridgehead atoms. The molecule has 1 aromatic rings. The minimum Gasteiger partial charge on any atom is -0.309 e. The van der Waals surface area contributed by atoms with Gasteiger partial charge in [-0.1, -0.05) is 24.6 Å². The van der Waals surface area contributed by atoms with Crippen molar-refractivity contribution in [2.75, 3.05) is 12.8 Å². The van der Waals surface area contributed by atoms with Crippen LogP contribution < -0.4 is 5.32 Å². The Kier molecular flexibility index (Phi) is 5.98. The van der Waals surface area contributed by atoms with Gasteiger partial charge in [0.25, 0.3) is 0 Å². The lowest BCUT2D eigenvalue weighted by molar-refractivity contribution is 0.499. The van der Waals surface area contributed by atoms with Crippen LogP contribution in [0.5, 0.6) is 0 Å². The van der Waals surface area contributed by atoms with Crippen molar-refractivity contribution in [3.63, 3.8) is 0 Å². The summed E-state index contributed by atoms with van der Waals surface area (Å²) in [7, 11) is -3.24. The van der Waals surface area contributed by atoms with E-state index < -0.39 is 21.1 Å². The monoisotopic (exact) mass is 321 g/mol. The summed E-state index contributed by atoms with van der Waals surface area (Å²) in [6, 6.07) is 2.41. The van der Waals surface area contributed by atoms with E-state index in [1.54, 1.807) is 19.9 Å². The van der Waals surface area contributed by atoms with Gasteiger partial charge in [0.1, 0.15) is 5.82 Å². The Hall–Kier alpha value is -0.650. The fraction of sp³-hybridized carbons (Fsp3) is 0.571. The molecule has 1 aromatic carbocycles.